The maximum absolute atomic E-state index is 15.3. The number of aryl methyl sites for hydroxylation is 2. The van der Waals surface area contributed by atoms with Crippen molar-refractivity contribution in [2.24, 2.45) is 36.1 Å². The van der Waals surface area contributed by atoms with Crippen molar-refractivity contribution in [2.45, 2.75) is 45.0 Å². The van der Waals surface area contributed by atoms with Crippen molar-refractivity contribution in [3.05, 3.63) is 93.5 Å². The minimum Gasteiger partial charge on any atom is -0.507 e. The fourth-order valence-corrected chi connectivity index (χ4v) is 11.6. The molecule has 2 aliphatic heterocycles. The number of amides is 4. The van der Waals surface area contributed by atoms with E-state index >= 15 is 9.59 Å². The summed E-state index contributed by atoms with van der Waals surface area (Å²) in [6, 6.07) is 10.4. The average Bonchev–Trinajstić information content (AvgIpc) is 3.90. The van der Waals surface area contributed by atoms with Gasteiger partial charge in [-0.1, -0.05) is 23.3 Å². The van der Waals surface area contributed by atoms with Gasteiger partial charge in [0.15, 0.2) is 0 Å². The molecule has 4 amide bonds. The maximum atomic E-state index is 15.3. The highest BCUT2D eigenvalue weighted by Gasteiger charge is 2.69. The third kappa shape index (κ3) is 6.25. The number of aromatic hydroxyl groups is 1. The standard InChI is InChI=1S/C44H35ClF6N4O7S/c1-18-26-13-21(45)6-9-32(26)63-37(18)29-17-33(53(3)52-29)55-39(58)28-16-27-24(36(42(28,2)41(55)60)35-30(56)14-23(61-4)15-31(35)62-5)7-8-25-34(27)40(59)54(38(25)57)22-11-19(43(46,47)48)10-20(12-22)44(49,50)51/h6-7,9-15,17,25,27-28,34,36,56H,8,16H2,1-5H3. The number of imide groups is 2. The van der Waals surface area contributed by atoms with E-state index in [1.807, 2.05) is 19.1 Å². The first-order valence-electron chi connectivity index (χ1n) is 19.5. The molecule has 0 bridgehead atoms. The molecule has 2 aromatic heterocycles. The number of phenols is 1. The Morgan fingerprint density at radius 3 is 2.19 bits per heavy atom. The molecule has 3 fully saturated rings. The number of benzene rings is 3. The molecule has 6 atom stereocenters. The van der Waals surface area contributed by atoms with E-state index in [9.17, 15) is 41.0 Å². The van der Waals surface area contributed by atoms with Crippen molar-refractivity contribution in [1.82, 2.24) is 9.78 Å². The largest absolute Gasteiger partial charge is 0.507 e. The molecule has 0 radical (unpaired) electrons. The number of phenolic OH excluding ortho intramolecular Hbond substituents is 1. The van der Waals surface area contributed by atoms with Gasteiger partial charge in [-0.15, -0.1) is 11.3 Å². The molecule has 5 aromatic rings. The van der Waals surface area contributed by atoms with Gasteiger partial charge < -0.3 is 14.6 Å². The molecular weight excluding hydrogens is 878 g/mol. The smallest absolute Gasteiger partial charge is 0.416 e. The first-order valence-corrected chi connectivity index (χ1v) is 20.7. The maximum Gasteiger partial charge on any atom is 0.416 e. The lowest BCUT2D eigenvalue weighted by atomic mass is 9.51. The fourth-order valence-electron chi connectivity index (χ4n) is 10.2. The van der Waals surface area contributed by atoms with Gasteiger partial charge in [-0.25, -0.2) is 9.80 Å². The second-order valence-electron chi connectivity index (χ2n) is 16.4. The predicted octanol–water partition coefficient (Wildman–Crippen LogP) is 9.46. The van der Waals surface area contributed by atoms with Gasteiger partial charge in [0.25, 0.3) is 0 Å². The lowest BCUT2D eigenvalue weighted by Gasteiger charge is -2.49. The Bertz CT molecular complexity index is 2840. The van der Waals surface area contributed by atoms with Gasteiger partial charge in [0, 0.05) is 46.5 Å². The third-order valence-corrected chi connectivity index (χ3v) is 14.7. The minimum atomic E-state index is -5.26. The van der Waals surface area contributed by atoms with Gasteiger partial charge in [-0.05, 0) is 80.0 Å². The Morgan fingerprint density at radius 1 is 0.873 bits per heavy atom. The number of ether oxygens (including phenoxy) is 2. The number of carbonyl (C=O) groups is 4. The van der Waals surface area contributed by atoms with E-state index in [0.717, 1.165) is 25.4 Å². The van der Waals surface area contributed by atoms with Gasteiger partial charge in [-0.2, -0.15) is 31.4 Å². The number of hydrogen-bond acceptors (Lipinski definition) is 9. The molecule has 63 heavy (non-hydrogen) atoms. The summed E-state index contributed by atoms with van der Waals surface area (Å²) in [4.78, 5) is 61.1. The number of nitrogens with zero attached hydrogens (tertiary/aromatic N) is 4. The third-order valence-electron chi connectivity index (χ3n) is 13.2. The number of rotatable bonds is 6. The number of hydrogen-bond donors (Lipinski definition) is 1. The molecule has 3 aromatic carbocycles. The van der Waals surface area contributed by atoms with Crippen LogP contribution in [0, 0.1) is 36.0 Å². The van der Waals surface area contributed by atoms with Crippen LogP contribution in [0.2, 0.25) is 5.02 Å². The number of aromatic nitrogens is 2. The van der Waals surface area contributed by atoms with Crippen LogP contribution in [0.1, 0.15) is 47.9 Å². The molecule has 4 heterocycles. The van der Waals surface area contributed by atoms with Crippen LogP contribution in [0.3, 0.4) is 0 Å². The van der Waals surface area contributed by atoms with Gasteiger partial charge in [0.2, 0.25) is 23.6 Å². The van der Waals surface area contributed by atoms with Crippen molar-refractivity contribution >= 4 is 68.2 Å². The number of carbonyl (C=O) groups excluding carboxylic acids is 4. The Labute approximate surface area is 363 Å². The van der Waals surface area contributed by atoms with E-state index in [2.05, 4.69) is 0 Å². The zero-order chi connectivity index (χ0) is 45.4. The Kier molecular flexibility index (Phi) is 9.64. The van der Waals surface area contributed by atoms with Crippen LogP contribution in [0.15, 0.2) is 66.2 Å². The molecule has 11 nitrogen and oxygen atoms in total. The van der Waals surface area contributed by atoms with Crippen LogP contribution in [0.4, 0.5) is 37.8 Å². The summed E-state index contributed by atoms with van der Waals surface area (Å²) in [5, 5.41) is 17.9. The number of anilines is 2. The van der Waals surface area contributed by atoms with Gasteiger partial charge in [0.05, 0.1) is 59.1 Å². The molecule has 1 N–H and O–H groups in total. The lowest BCUT2D eigenvalue weighted by Crippen LogP contribution is -2.49. The lowest BCUT2D eigenvalue weighted by molar-refractivity contribution is -0.143. The van der Waals surface area contributed by atoms with Crippen molar-refractivity contribution in [1.29, 1.82) is 0 Å². The highest BCUT2D eigenvalue weighted by molar-refractivity contribution is 7.22. The molecule has 0 spiro atoms. The van der Waals surface area contributed by atoms with Crippen LogP contribution in [-0.4, -0.2) is 52.7 Å². The zero-order valence-electron chi connectivity index (χ0n) is 33.8. The summed E-state index contributed by atoms with van der Waals surface area (Å²) >= 11 is 7.74. The van der Waals surface area contributed by atoms with E-state index < -0.39 is 87.8 Å². The molecule has 4 aliphatic rings. The number of allylic oxidation sites excluding steroid dienone is 2. The highest BCUT2D eigenvalue weighted by atomic mass is 35.5. The number of halogens is 7. The Hall–Kier alpha value is -5.88. The van der Waals surface area contributed by atoms with Crippen molar-refractivity contribution in [2.75, 3.05) is 24.0 Å². The molecule has 6 unspecified atom stereocenters. The number of fused-ring (bicyclic) bond motifs is 5. The van der Waals surface area contributed by atoms with E-state index in [4.69, 9.17) is 26.2 Å². The van der Waals surface area contributed by atoms with Crippen LogP contribution >= 0.6 is 22.9 Å². The van der Waals surface area contributed by atoms with Crippen LogP contribution < -0.4 is 19.3 Å². The predicted molar refractivity (Wildman–Crippen MR) is 219 cm³/mol. The fraction of sp³-hybridized carbons (Fsp3) is 0.341. The van der Waals surface area contributed by atoms with Crippen molar-refractivity contribution in [3.63, 3.8) is 0 Å². The first-order chi connectivity index (χ1) is 29.6. The minimum absolute atomic E-state index is 0.0569. The molecule has 19 heteroatoms. The molecular formula is C44H35ClF6N4O7S. The van der Waals surface area contributed by atoms with E-state index in [0.29, 0.717) is 33.3 Å². The topological polar surface area (TPSA) is 131 Å². The van der Waals surface area contributed by atoms with E-state index in [-0.39, 0.29) is 47.5 Å². The molecule has 328 valence electrons. The average molecular weight is 913 g/mol. The van der Waals surface area contributed by atoms with Crippen LogP contribution in [0.5, 0.6) is 17.2 Å². The van der Waals surface area contributed by atoms with Crippen LogP contribution in [0.25, 0.3) is 20.7 Å². The molecule has 2 saturated heterocycles. The Morgan fingerprint density at radius 2 is 1.56 bits per heavy atom. The summed E-state index contributed by atoms with van der Waals surface area (Å²) in [6.45, 7) is 3.47. The molecule has 9 rings (SSSR count). The monoisotopic (exact) mass is 912 g/mol. The summed E-state index contributed by atoms with van der Waals surface area (Å²) in [7, 11) is 4.25. The van der Waals surface area contributed by atoms with Gasteiger partial charge in [-0.3, -0.25) is 23.9 Å². The number of methoxy groups -OCH3 is 2. The summed E-state index contributed by atoms with van der Waals surface area (Å²) in [5.74, 6) is -9.59. The Balaban J connectivity index is 1.18. The zero-order valence-corrected chi connectivity index (χ0v) is 35.4. The quantitative estimate of drug-likeness (QED) is 0.101. The second-order valence-corrected chi connectivity index (χ2v) is 17.9. The van der Waals surface area contributed by atoms with Crippen molar-refractivity contribution in [3.8, 4) is 27.8 Å². The summed E-state index contributed by atoms with van der Waals surface area (Å²) in [6.07, 6.45) is -9.32. The molecule has 2 aliphatic carbocycles. The van der Waals surface area contributed by atoms with Gasteiger partial charge >= 0.3 is 12.4 Å². The SMILES string of the molecule is COc1cc(O)c(C2C3=CCC4C(=O)N(c5cc(C(F)(F)F)cc(C(F)(F)F)c5)C(=O)C4C3CC3C(=O)N(c4cc(-c5sc6ccc(Cl)cc6c5C)nn4C)C(=O)C32C)c(OC)c1. The second kappa shape index (κ2) is 14.3. The van der Waals surface area contributed by atoms with Crippen molar-refractivity contribution < 1.29 is 60.1 Å². The van der Waals surface area contributed by atoms with Gasteiger partial charge in [0.1, 0.15) is 28.8 Å². The normalized spacial score (nSPS) is 24.8. The van der Waals surface area contributed by atoms with E-state index in [1.54, 1.807) is 32.2 Å². The summed E-state index contributed by atoms with van der Waals surface area (Å²) < 4.78 is 97.3. The summed E-state index contributed by atoms with van der Waals surface area (Å²) in [5.41, 5.74) is -4.26. The highest BCUT2D eigenvalue weighted by Crippen LogP contribution is 2.66. The number of thiophene rings is 1. The number of alkyl halides is 6. The van der Waals surface area contributed by atoms with Crippen LogP contribution in [-0.2, 0) is 38.6 Å². The first kappa shape index (κ1) is 42.4. The van der Waals surface area contributed by atoms with E-state index in [1.165, 1.54) is 42.4 Å². The molecule has 1 saturated carbocycles.